The molecule has 8 heteroatoms. The van der Waals surface area contributed by atoms with Gasteiger partial charge in [-0.1, -0.05) is 30.3 Å². The number of carbonyl (C=O) groups excluding carboxylic acids is 2. The molecule has 0 radical (unpaired) electrons. The average molecular weight is 490 g/mol. The van der Waals surface area contributed by atoms with Crippen molar-refractivity contribution >= 4 is 17.4 Å². The van der Waals surface area contributed by atoms with Crippen LogP contribution in [-0.4, -0.2) is 47.6 Å². The van der Waals surface area contributed by atoms with Crippen LogP contribution in [-0.2, 0) is 16.1 Å². The number of likely N-dealkylation sites (tertiary alicyclic amines) is 1. The Morgan fingerprint density at radius 3 is 2.33 bits per heavy atom. The van der Waals surface area contributed by atoms with Gasteiger partial charge in [-0.2, -0.15) is 0 Å². The van der Waals surface area contributed by atoms with Gasteiger partial charge in [-0.05, 0) is 54.4 Å². The van der Waals surface area contributed by atoms with Gasteiger partial charge in [0.25, 0.3) is 11.7 Å². The van der Waals surface area contributed by atoms with Crippen LogP contribution in [0.15, 0.2) is 72.3 Å². The van der Waals surface area contributed by atoms with Crippen LogP contribution < -0.4 is 14.2 Å². The highest BCUT2D eigenvalue weighted by Gasteiger charge is 2.46. The molecule has 1 atom stereocenters. The molecule has 8 nitrogen and oxygen atoms in total. The first-order valence-electron chi connectivity index (χ1n) is 11.4. The van der Waals surface area contributed by atoms with Gasteiger partial charge in [0.15, 0.2) is 11.5 Å². The summed E-state index contributed by atoms with van der Waals surface area (Å²) in [7, 11) is 3.04. The van der Waals surface area contributed by atoms with Crippen LogP contribution in [0.3, 0.4) is 0 Å². The number of ketones is 1. The quantitative estimate of drug-likeness (QED) is 0.274. The second kappa shape index (κ2) is 10.4. The summed E-state index contributed by atoms with van der Waals surface area (Å²) in [4.78, 5) is 28.0. The van der Waals surface area contributed by atoms with Crippen LogP contribution in [0.25, 0.3) is 5.76 Å². The lowest BCUT2D eigenvalue weighted by molar-refractivity contribution is -0.140. The zero-order valence-corrected chi connectivity index (χ0v) is 20.2. The predicted molar refractivity (Wildman–Crippen MR) is 133 cm³/mol. The van der Waals surface area contributed by atoms with E-state index in [1.807, 2.05) is 6.07 Å². The smallest absolute Gasteiger partial charge is 0.295 e. The van der Waals surface area contributed by atoms with Gasteiger partial charge in [-0.3, -0.25) is 9.59 Å². The average Bonchev–Trinajstić information content (AvgIpc) is 3.14. The summed E-state index contributed by atoms with van der Waals surface area (Å²) < 4.78 is 16.1. The van der Waals surface area contributed by atoms with E-state index < -0.39 is 17.7 Å². The summed E-state index contributed by atoms with van der Waals surface area (Å²) >= 11 is 0. The Labute approximate surface area is 209 Å². The van der Waals surface area contributed by atoms with E-state index in [0.29, 0.717) is 29.2 Å². The number of Topliss-reactive ketones (excluding diaryl/α,β-unsaturated/α-hetero) is 1. The zero-order chi connectivity index (χ0) is 25.8. The third kappa shape index (κ3) is 4.70. The van der Waals surface area contributed by atoms with Crippen molar-refractivity contribution in [1.82, 2.24) is 4.90 Å². The van der Waals surface area contributed by atoms with Crippen molar-refractivity contribution in [1.29, 1.82) is 0 Å². The maximum absolute atomic E-state index is 13.3. The summed E-state index contributed by atoms with van der Waals surface area (Å²) in [6, 6.07) is 17.5. The summed E-state index contributed by atoms with van der Waals surface area (Å²) in [5, 5.41) is 21.5. The number of carbonyl (C=O) groups is 2. The van der Waals surface area contributed by atoms with Gasteiger partial charge in [-0.15, -0.1) is 0 Å². The van der Waals surface area contributed by atoms with E-state index in [4.69, 9.17) is 14.2 Å². The van der Waals surface area contributed by atoms with Gasteiger partial charge in [0, 0.05) is 12.1 Å². The Morgan fingerprint density at radius 1 is 0.944 bits per heavy atom. The fourth-order valence-corrected chi connectivity index (χ4v) is 4.25. The molecule has 0 aromatic heterocycles. The third-order valence-electron chi connectivity index (χ3n) is 5.97. The van der Waals surface area contributed by atoms with Crippen molar-refractivity contribution in [2.45, 2.75) is 19.5 Å². The maximum Gasteiger partial charge on any atom is 0.295 e. The topological polar surface area (TPSA) is 106 Å². The number of hydrogen-bond donors (Lipinski definition) is 2. The molecule has 1 aliphatic rings. The third-order valence-corrected chi connectivity index (χ3v) is 5.97. The molecule has 3 aromatic rings. The van der Waals surface area contributed by atoms with Gasteiger partial charge in [0.05, 0.1) is 32.4 Å². The van der Waals surface area contributed by atoms with Gasteiger partial charge in [0.2, 0.25) is 0 Å². The molecule has 0 saturated carbocycles. The molecule has 186 valence electrons. The lowest BCUT2D eigenvalue weighted by Gasteiger charge is -2.26. The van der Waals surface area contributed by atoms with Crippen molar-refractivity contribution in [3.8, 4) is 23.0 Å². The number of phenols is 1. The molecule has 0 bridgehead atoms. The fourth-order valence-electron chi connectivity index (χ4n) is 4.25. The Morgan fingerprint density at radius 2 is 1.64 bits per heavy atom. The lowest BCUT2D eigenvalue weighted by atomic mass is 9.94. The molecule has 1 amide bonds. The molecule has 1 saturated heterocycles. The van der Waals surface area contributed by atoms with E-state index in [1.165, 1.54) is 18.1 Å². The van der Waals surface area contributed by atoms with E-state index in [-0.39, 0.29) is 29.4 Å². The second-order valence-electron chi connectivity index (χ2n) is 8.17. The summed E-state index contributed by atoms with van der Waals surface area (Å²) in [5.41, 5.74) is 1.51. The summed E-state index contributed by atoms with van der Waals surface area (Å²) in [6.07, 6.45) is 0. The number of amides is 1. The van der Waals surface area contributed by atoms with Crippen LogP contribution >= 0.6 is 0 Å². The minimum Gasteiger partial charge on any atom is -0.507 e. The van der Waals surface area contributed by atoms with E-state index >= 15 is 0 Å². The highest BCUT2D eigenvalue weighted by Crippen LogP contribution is 2.43. The number of nitrogens with zero attached hydrogens (tertiary/aromatic N) is 1. The maximum atomic E-state index is 13.3. The molecule has 0 aliphatic carbocycles. The number of phenolic OH excluding ortho intramolecular Hbond substituents is 1. The highest BCUT2D eigenvalue weighted by atomic mass is 16.5. The van der Waals surface area contributed by atoms with Crippen LogP contribution in [0.4, 0.5) is 0 Å². The van der Waals surface area contributed by atoms with Crippen molar-refractivity contribution < 1.29 is 34.0 Å². The largest absolute Gasteiger partial charge is 0.507 e. The summed E-state index contributed by atoms with van der Waals surface area (Å²) in [6.45, 7) is 2.18. The monoisotopic (exact) mass is 489 g/mol. The predicted octanol–water partition coefficient (Wildman–Crippen LogP) is 4.43. The van der Waals surface area contributed by atoms with Crippen molar-refractivity contribution in [2.75, 3.05) is 20.8 Å². The zero-order valence-electron chi connectivity index (χ0n) is 20.2. The Balaban J connectivity index is 1.88. The van der Waals surface area contributed by atoms with Gasteiger partial charge >= 0.3 is 0 Å². The number of aliphatic hydroxyl groups is 1. The number of methoxy groups -OCH3 is 2. The normalized spacial score (nSPS) is 16.8. The van der Waals surface area contributed by atoms with E-state index in [0.717, 1.165) is 5.56 Å². The molecular weight excluding hydrogens is 462 g/mol. The molecule has 1 aliphatic heterocycles. The highest BCUT2D eigenvalue weighted by molar-refractivity contribution is 6.46. The Bertz CT molecular complexity index is 1330. The molecular formula is C28H27NO7. The fraction of sp³-hybridized carbons (Fsp3) is 0.214. The van der Waals surface area contributed by atoms with Crippen LogP contribution in [0.2, 0.25) is 0 Å². The van der Waals surface area contributed by atoms with E-state index in [9.17, 15) is 19.8 Å². The van der Waals surface area contributed by atoms with Crippen LogP contribution in [0.5, 0.6) is 23.0 Å². The molecule has 1 fully saturated rings. The molecule has 2 N–H and O–H groups in total. The van der Waals surface area contributed by atoms with Gasteiger partial charge in [0.1, 0.15) is 17.3 Å². The molecule has 3 aromatic carbocycles. The van der Waals surface area contributed by atoms with Gasteiger partial charge in [-0.25, -0.2) is 0 Å². The Hall–Kier alpha value is -4.46. The molecule has 36 heavy (non-hydrogen) atoms. The Kier molecular flexibility index (Phi) is 7.15. The molecule has 0 spiro atoms. The number of benzene rings is 3. The first kappa shape index (κ1) is 24.7. The van der Waals surface area contributed by atoms with Crippen molar-refractivity contribution in [3.05, 3.63) is 89.0 Å². The minimum absolute atomic E-state index is 0.0655. The summed E-state index contributed by atoms with van der Waals surface area (Å²) in [5.74, 6) is -0.643. The first-order valence-corrected chi connectivity index (χ1v) is 11.4. The minimum atomic E-state index is -0.929. The SMILES string of the molecule is CCOc1cc(C2/C(=C(/O)c3cccc(OC)c3)C(=O)C(=O)N2Cc2cccc(OC)c2)ccc1O. The van der Waals surface area contributed by atoms with Gasteiger partial charge < -0.3 is 29.3 Å². The van der Waals surface area contributed by atoms with Crippen molar-refractivity contribution in [2.24, 2.45) is 0 Å². The lowest BCUT2D eigenvalue weighted by Crippen LogP contribution is -2.29. The molecule has 1 heterocycles. The number of aliphatic hydroxyl groups excluding tert-OH is 1. The molecule has 1 unspecified atom stereocenters. The second-order valence-corrected chi connectivity index (χ2v) is 8.17. The van der Waals surface area contributed by atoms with E-state index in [1.54, 1.807) is 68.6 Å². The standard InChI is InChI=1S/C28H27NO7/c1-4-36-23-15-18(11-12-22(23)30)25-24(26(31)19-8-6-10-21(14-19)35-3)27(32)28(33)29(25)16-17-7-5-9-20(13-17)34-2/h5-15,25,30-31H,4,16H2,1-3H3/b26-24-. The number of hydrogen-bond acceptors (Lipinski definition) is 7. The number of aromatic hydroxyl groups is 1. The van der Waals surface area contributed by atoms with Crippen molar-refractivity contribution in [3.63, 3.8) is 0 Å². The number of rotatable bonds is 8. The number of ether oxygens (including phenoxy) is 3. The van der Waals surface area contributed by atoms with E-state index in [2.05, 4.69) is 0 Å². The van der Waals surface area contributed by atoms with Crippen LogP contribution in [0.1, 0.15) is 29.7 Å². The first-order chi connectivity index (χ1) is 17.4. The van der Waals surface area contributed by atoms with Crippen LogP contribution in [0, 0.1) is 0 Å². The molecule has 4 rings (SSSR count).